The maximum absolute atomic E-state index is 5.88. The number of hydrogen-bond acceptors (Lipinski definition) is 4. The standard InChI is InChI=1S/C13H21N3O/c1-3-17-13-10-11(4-5-12(13)14)16-8-6-15(2)7-9-16/h4-5,10H,3,6-9,14H2,1-2H3. The fraction of sp³-hybridized carbons (Fsp3) is 0.538. The Labute approximate surface area is 103 Å². The first-order valence-electron chi connectivity index (χ1n) is 6.16. The van der Waals surface area contributed by atoms with Gasteiger partial charge < -0.3 is 20.3 Å². The highest BCUT2D eigenvalue weighted by Gasteiger charge is 2.15. The Hall–Kier alpha value is -1.42. The van der Waals surface area contributed by atoms with Crippen LogP contribution in [0, 0.1) is 0 Å². The zero-order valence-electron chi connectivity index (χ0n) is 10.6. The zero-order valence-corrected chi connectivity index (χ0v) is 10.6. The summed E-state index contributed by atoms with van der Waals surface area (Å²) in [4.78, 5) is 4.72. The molecule has 94 valence electrons. The molecule has 0 amide bonds. The van der Waals surface area contributed by atoms with Gasteiger partial charge in [0.2, 0.25) is 0 Å². The van der Waals surface area contributed by atoms with Gasteiger partial charge in [-0.25, -0.2) is 0 Å². The van der Waals surface area contributed by atoms with Crippen LogP contribution in [-0.4, -0.2) is 44.7 Å². The molecule has 2 N–H and O–H groups in total. The van der Waals surface area contributed by atoms with Gasteiger partial charge in [0.1, 0.15) is 5.75 Å². The van der Waals surface area contributed by atoms with Crippen LogP contribution in [-0.2, 0) is 0 Å². The summed E-state index contributed by atoms with van der Waals surface area (Å²) >= 11 is 0. The molecule has 0 saturated carbocycles. The molecule has 0 bridgehead atoms. The minimum Gasteiger partial charge on any atom is -0.492 e. The van der Waals surface area contributed by atoms with E-state index < -0.39 is 0 Å². The van der Waals surface area contributed by atoms with Crippen LogP contribution in [0.4, 0.5) is 11.4 Å². The molecule has 1 saturated heterocycles. The lowest BCUT2D eigenvalue weighted by atomic mass is 10.2. The van der Waals surface area contributed by atoms with Crippen molar-refractivity contribution in [2.24, 2.45) is 0 Å². The molecule has 0 spiro atoms. The monoisotopic (exact) mass is 235 g/mol. The first kappa shape index (κ1) is 12.0. The highest BCUT2D eigenvalue weighted by Crippen LogP contribution is 2.28. The van der Waals surface area contributed by atoms with Crippen LogP contribution in [0.15, 0.2) is 18.2 Å². The molecule has 1 aliphatic heterocycles. The second-order valence-electron chi connectivity index (χ2n) is 4.45. The Morgan fingerprint density at radius 3 is 2.59 bits per heavy atom. The van der Waals surface area contributed by atoms with Crippen molar-refractivity contribution in [2.75, 3.05) is 50.5 Å². The van der Waals surface area contributed by atoms with E-state index in [0.29, 0.717) is 12.3 Å². The van der Waals surface area contributed by atoms with Gasteiger partial charge in [-0.3, -0.25) is 0 Å². The summed E-state index contributed by atoms with van der Waals surface area (Å²) in [5, 5.41) is 0. The van der Waals surface area contributed by atoms with E-state index in [9.17, 15) is 0 Å². The van der Waals surface area contributed by atoms with Crippen LogP contribution >= 0.6 is 0 Å². The number of anilines is 2. The number of piperazine rings is 1. The molecular weight excluding hydrogens is 214 g/mol. The predicted molar refractivity (Wildman–Crippen MR) is 71.7 cm³/mol. The lowest BCUT2D eigenvalue weighted by molar-refractivity contribution is 0.312. The van der Waals surface area contributed by atoms with Crippen molar-refractivity contribution in [1.29, 1.82) is 0 Å². The molecule has 1 aromatic carbocycles. The third-order valence-corrected chi connectivity index (χ3v) is 3.17. The van der Waals surface area contributed by atoms with E-state index in [1.807, 2.05) is 19.1 Å². The number of benzene rings is 1. The normalized spacial score (nSPS) is 17.2. The first-order valence-corrected chi connectivity index (χ1v) is 6.16. The van der Waals surface area contributed by atoms with Crippen LogP contribution in [0.25, 0.3) is 0 Å². The molecule has 2 rings (SSSR count). The van der Waals surface area contributed by atoms with Crippen molar-refractivity contribution in [3.63, 3.8) is 0 Å². The van der Waals surface area contributed by atoms with Crippen molar-refractivity contribution in [3.05, 3.63) is 18.2 Å². The lowest BCUT2D eigenvalue weighted by Gasteiger charge is -2.34. The Morgan fingerprint density at radius 1 is 1.24 bits per heavy atom. The largest absolute Gasteiger partial charge is 0.492 e. The van der Waals surface area contributed by atoms with E-state index in [1.54, 1.807) is 0 Å². The van der Waals surface area contributed by atoms with Crippen LogP contribution in [0.5, 0.6) is 5.75 Å². The lowest BCUT2D eigenvalue weighted by Crippen LogP contribution is -2.44. The van der Waals surface area contributed by atoms with Crippen molar-refractivity contribution >= 4 is 11.4 Å². The van der Waals surface area contributed by atoms with Gasteiger partial charge in [-0.1, -0.05) is 0 Å². The number of rotatable bonds is 3. The molecule has 0 aliphatic carbocycles. The average Bonchev–Trinajstić information content (AvgIpc) is 2.33. The van der Waals surface area contributed by atoms with Crippen molar-refractivity contribution in [2.45, 2.75) is 6.92 Å². The topological polar surface area (TPSA) is 41.7 Å². The summed E-state index contributed by atoms with van der Waals surface area (Å²) in [6, 6.07) is 6.05. The molecule has 0 unspecified atom stereocenters. The van der Waals surface area contributed by atoms with Gasteiger partial charge in [0.25, 0.3) is 0 Å². The highest BCUT2D eigenvalue weighted by atomic mass is 16.5. The van der Waals surface area contributed by atoms with Gasteiger partial charge in [0.05, 0.1) is 12.3 Å². The third kappa shape index (κ3) is 2.82. The molecule has 4 heteroatoms. The number of ether oxygens (including phenoxy) is 1. The molecule has 0 radical (unpaired) electrons. The second kappa shape index (κ2) is 5.27. The molecule has 4 nitrogen and oxygen atoms in total. The van der Waals surface area contributed by atoms with Crippen molar-refractivity contribution < 1.29 is 4.74 Å². The summed E-state index contributed by atoms with van der Waals surface area (Å²) in [7, 11) is 2.16. The minimum atomic E-state index is 0.649. The van der Waals surface area contributed by atoms with Crippen LogP contribution in [0.3, 0.4) is 0 Å². The number of nitrogens with two attached hydrogens (primary N) is 1. The number of likely N-dealkylation sites (N-methyl/N-ethyl adjacent to an activating group) is 1. The molecule has 17 heavy (non-hydrogen) atoms. The molecule has 0 aromatic heterocycles. The van der Waals surface area contributed by atoms with E-state index in [2.05, 4.69) is 22.9 Å². The van der Waals surface area contributed by atoms with Gasteiger partial charge in [-0.15, -0.1) is 0 Å². The summed E-state index contributed by atoms with van der Waals surface area (Å²) in [6.45, 7) is 6.96. The number of hydrogen-bond donors (Lipinski definition) is 1. The predicted octanol–water partition coefficient (Wildman–Crippen LogP) is 1.42. The highest BCUT2D eigenvalue weighted by molar-refractivity contribution is 5.62. The molecule has 1 aromatic rings. The minimum absolute atomic E-state index is 0.649. The molecule has 1 heterocycles. The first-order chi connectivity index (χ1) is 8.20. The van der Waals surface area contributed by atoms with E-state index in [0.717, 1.165) is 31.9 Å². The van der Waals surface area contributed by atoms with Crippen molar-refractivity contribution in [3.8, 4) is 5.75 Å². The van der Waals surface area contributed by atoms with E-state index in [4.69, 9.17) is 10.5 Å². The van der Waals surface area contributed by atoms with Crippen LogP contribution < -0.4 is 15.4 Å². The fourth-order valence-electron chi connectivity index (χ4n) is 2.06. The maximum atomic E-state index is 5.88. The van der Waals surface area contributed by atoms with E-state index in [1.165, 1.54) is 5.69 Å². The number of nitrogen functional groups attached to an aromatic ring is 1. The summed E-state index contributed by atoms with van der Waals surface area (Å²) in [6.07, 6.45) is 0. The maximum Gasteiger partial charge on any atom is 0.144 e. The Morgan fingerprint density at radius 2 is 1.94 bits per heavy atom. The molecule has 1 aliphatic rings. The molecule has 0 atom stereocenters. The van der Waals surface area contributed by atoms with Gasteiger partial charge in [-0.2, -0.15) is 0 Å². The van der Waals surface area contributed by atoms with Gasteiger partial charge in [-0.05, 0) is 26.1 Å². The van der Waals surface area contributed by atoms with Gasteiger partial charge >= 0.3 is 0 Å². The van der Waals surface area contributed by atoms with Gasteiger partial charge in [0.15, 0.2) is 0 Å². The van der Waals surface area contributed by atoms with Crippen LogP contribution in [0.1, 0.15) is 6.92 Å². The quantitative estimate of drug-likeness (QED) is 0.805. The van der Waals surface area contributed by atoms with Crippen molar-refractivity contribution in [1.82, 2.24) is 4.90 Å². The zero-order chi connectivity index (χ0) is 12.3. The van der Waals surface area contributed by atoms with E-state index >= 15 is 0 Å². The Kier molecular flexibility index (Phi) is 3.74. The van der Waals surface area contributed by atoms with E-state index in [-0.39, 0.29) is 0 Å². The number of nitrogens with zero attached hydrogens (tertiary/aromatic N) is 2. The van der Waals surface area contributed by atoms with Gasteiger partial charge in [0, 0.05) is 37.9 Å². The Balaban J connectivity index is 2.12. The second-order valence-corrected chi connectivity index (χ2v) is 4.45. The summed E-state index contributed by atoms with van der Waals surface area (Å²) < 4.78 is 5.53. The fourth-order valence-corrected chi connectivity index (χ4v) is 2.06. The smallest absolute Gasteiger partial charge is 0.144 e. The molecular formula is C13H21N3O. The SMILES string of the molecule is CCOc1cc(N2CCN(C)CC2)ccc1N. The summed E-state index contributed by atoms with van der Waals surface area (Å²) in [5.41, 5.74) is 7.79. The average molecular weight is 235 g/mol. The third-order valence-electron chi connectivity index (χ3n) is 3.17. The Bertz CT molecular complexity index is 373. The molecule has 1 fully saturated rings. The van der Waals surface area contributed by atoms with Crippen LogP contribution in [0.2, 0.25) is 0 Å². The summed E-state index contributed by atoms with van der Waals surface area (Å²) in [5.74, 6) is 0.795.